The SMILES string of the molecule is O=C(NCc1ccc(-c2ccc3ccccc3c2)cc1)c1nn(CCO)c(=O)c2ccccc12. The monoisotopic (exact) mass is 449 g/mol. The summed E-state index contributed by atoms with van der Waals surface area (Å²) >= 11 is 0. The summed E-state index contributed by atoms with van der Waals surface area (Å²) in [6.07, 6.45) is 0. The van der Waals surface area contributed by atoms with Crippen molar-refractivity contribution in [2.75, 3.05) is 6.61 Å². The summed E-state index contributed by atoms with van der Waals surface area (Å²) in [5.74, 6) is -0.374. The lowest BCUT2D eigenvalue weighted by molar-refractivity contribution is 0.0944. The lowest BCUT2D eigenvalue weighted by atomic mass is 10.0. The van der Waals surface area contributed by atoms with Gasteiger partial charge in [-0.2, -0.15) is 5.10 Å². The number of benzene rings is 4. The van der Waals surface area contributed by atoms with E-state index >= 15 is 0 Å². The van der Waals surface area contributed by atoms with E-state index in [9.17, 15) is 14.7 Å². The molecule has 4 aromatic carbocycles. The summed E-state index contributed by atoms with van der Waals surface area (Å²) in [6, 6.07) is 29.6. The van der Waals surface area contributed by atoms with Crippen molar-refractivity contribution in [1.29, 1.82) is 0 Å². The van der Waals surface area contributed by atoms with Crippen LogP contribution in [-0.2, 0) is 13.1 Å². The molecular weight excluding hydrogens is 426 g/mol. The first-order chi connectivity index (χ1) is 16.6. The van der Waals surface area contributed by atoms with E-state index in [4.69, 9.17) is 0 Å². The molecule has 0 bridgehead atoms. The number of aliphatic hydroxyl groups excluding tert-OH is 1. The molecule has 168 valence electrons. The Labute approximate surface area is 196 Å². The number of aromatic nitrogens is 2. The van der Waals surface area contributed by atoms with Gasteiger partial charge in [-0.1, -0.05) is 78.9 Å². The van der Waals surface area contributed by atoms with Crippen molar-refractivity contribution in [3.8, 4) is 11.1 Å². The Morgan fingerprint density at radius 3 is 2.26 bits per heavy atom. The van der Waals surface area contributed by atoms with E-state index in [0.717, 1.165) is 21.4 Å². The average molecular weight is 450 g/mol. The van der Waals surface area contributed by atoms with Gasteiger partial charge in [0, 0.05) is 11.9 Å². The van der Waals surface area contributed by atoms with Gasteiger partial charge in [-0.05, 0) is 39.6 Å². The van der Waals surface area contributed by atoms with Crippen molar-refractivity contribution in [2.45, 2.75) is 13.1 Å². The van der Waals surface area contributed by atoms with Gasteiger partial charge < -0.3 is 10.4 Å². The summed E-state index contributed by atoms with van der Waals surface area (Å²) in [7, 11) is 0. The number of hydrogen-bond acceptors (Lipinski definition) is 4. The van der Waals surface area contributed by atoms with E-state index in [0.29, 0.717) is 17.3 Å². The first kappa shape index (κ1) is 21.6. The molecule has 5 aromatic rings. The minimum absolute atomic E-state index is 0.0280. The second kappa shape index (κ2) is 9.29. The maximum absolute atomic E-state index is 13.0. The summed E-state index contributed by atoms with van der Waals surface area (Å²) in [5.41, 5.74) is 3.02. The summed E-state index contributed by atoms with van der Waals surface area (Å²) < 4.78 is 1.13. The molecule has 2 N–H and O–H groups in total. The van der Waals surface area contributed by atoms with Crippen LogP contribution in [0.1, 0.15) is 16.1 Å². The third kappa shape index (κ3) is 4.19. The van der Waals surface area contributed by atoms with Crippen LogP contribution in [0.4, 0.5) is 0 Å². The number of fused-ring (bicyclic) bond motifs is 2. The third-order valence-corrected chi connectivity index (χ3v) is 5.88. The Morgan fingerprint density at radius 2 is 1.50 bits per heavy atom. The molecule has 0 unspecified atom stereocenters. The van der Waals surface area contributed by atoms with Gasteiger partial charge in [-0.15, -0.1) is 0 Å². The Balaban J connectivity index is 1.35. The number of nitrogens with zero attached hydrogens (tertiary/aromatic N) is 2. The minimum Gasteiger partial charge on any atom is -0.394 e. The quantitative estimate of drug-likeness (QED) is 0.408. The van der Waals surface area contributed by atoms with Crippen molar-refractivity contribution in [1.82, 2.24) is 15.1 Å². The highest BCUT2D eigenvalue weighted by molar-refractivity contribution is 6.04. The fraction of sp³-hybridized carbons (Fsp3) is 0.107. The van der Waals surface area contributed by atoms with E-state index in [1.807, 2.05) is 36.4 Å². The number of amides is 1. The van der Waals surface area contributed by atoms with Crippen LogP contribution >= 0.6 is 0 Å². The van der Waals surface area contributed by atoms with Gasteiger partial charge >= 0.3 is 0 Å². The van der Waals surface area contributed by atoms with Crippen LogP contribution in [0.5, 0.6) is 0 Å². The molecule has 6 heteroatoms. The van der Waals surface area contributed by atoms with E-state index < -0.39 is 0 Å². The van der Waals surface area contributed by atoms with Crippen molar-refractivity contribution >= 4 is 27.5 Å². The van der Waals surface area contributed by atoms with Gasteiger partial charge in [-0.25, -0.2) is 4.68 Å². The average Bonchev–Trinajstić information content (AvgIpc) is 2.89. The molecule has 1 amide bonds. The Morgan fingerprint density at radius 1 is 0.824 bits per heavy atom. The number of aliphatic hydroxyl groups is 1. The van der Waals surface area contributed by atoms with Crippen molar-refractivity contribution in [2.24, 2.45) is 0 Å². The highest BCUT2D eigenvalue weighted by atomic mass is 16.3. The van der Waals surface area contributed by atoms with Crippen LogP contribution in [0, 0.1) is 0 Å². The third-order valence-electron chi connectivity index (χ3n) is 5.88. The van der Waals surface area contributed by atoms with E-state index in [1.54, 1.807) is 24.3 Å². The molecule has 0 fully saturated rings. The van der Waals surface area contributed by atoms with Crippen LogP contribution in [-0.4, -0.2) is 27.4 Å². The molecule has 0 atom stereocenters. The smallest absolute Gasteiger partial charge is 0.274 e. The van der Waals surface area contributed by atoms with Gasteiger partial charge in [0.25, 0.3) is 11.5 Å². The molecule has 0 aliphatic carbocycles. The summed E-state index contributed by atoms with van der Waals surface area (Å²) in [6.45, 7) is 0.113. The molecule has 0 aliphatic heterocycles. The van der Waals surface area contributed by atoms with Gasteiger partial charge in [0.2, 0.25) is 0 Å². The molecule has 0 saturated heterocycles. The van der Waals surface area contributed by atoms with E-state index in [-0.39, 0.29) is 30.3 Å². The van der Waals surface area contributed by atoms with E-state index in [1.165, 1.54) is 10.8 Å². The van der Waals surface area contributed by atoms with Gasteiger partial charge in [0.15, 0.2) is 5.69 Å². The van der Waals surface area contributed by atoms with Crippen molar-refractivity contribution < 1.29 is 9.90 Å². The number of carbonyl (C=O) groups excluding carboxylic acids is 1. The summed E-state index contributed by atoms with van der Waals surface area (Å²) in [5, 5.41) is 19.7. The Hall–Kier alpha value is -4.29. The zero-order chi connectivity index (χ0) is 23.5. The van der Waals surface area contributed by atoms with Crippen LogP contribution in [0.2, 0.25) is 0 Å². The molecule has 6 nitrogen and oxygen atoms in total. The first-order valence-corrected chi connectivity index (χ1v) is 11.1. The zero-order valence-electron chi connectivity index (χ0n) is 18.4. The highest BCUT2D eigenvalue weighted by Gasteiger charge is 2.16. The molecule has 1 heterocycles. The summed E-state index contributed by atoms with van der Waals surface area (Å²) in [4.78, 5) is 25.5. The molecule has 0 radical (unpaired) electrons. The Kier molecular flexibility index (Phi) is 5.89. The second-order valence-electron chi connectivity index (χ2n) is 8.09. The molecular formula is C28H23N3O3. The number of carbonyl (C=O) groups is 1. The van der Waals surface area contributed by atoms with Crippen LogP contribution in [0.3, 0.4) is 0 Å². The van der Waals surface area contributed by atoms with Crippen molar-refractivity contribution in [3.05, 3.63) is 113 Å². The van der Waals surface area contributed by atoms with Gasteiger partial charge in [-0.3, -0.25) is 9.59 Å². The standard InChI is InChI=1S/C28H23N3O3/c32-16-15-31-28(34)25-8-4-3-7-24(25)26(30-31)27(33)29-18-19-9-11-21(12-10-19)23-14-13-20-5-1-2-6-22(20)17-23/h1-14,17,32H,15-16,18H2,(H,29,33). The van der Waals surface area contributed by atoms with Crippen molar-refractivity contribution in [3.63, 3.8) is 0 Å². The lowest BCUT2D eigenvalue weighted by Crippen LogP contribution is -2.31. The minimum atomic E-state index is -0.374. The molecule has 34 heavy (non-hydrogen) atoms. The normalized spacial score (nSPS) is 11.1. The lowest BCUT2D eigenvalue weighted by Gasteiger charge is -2.11. The predicted molar refractivity (Wildman–Crippen MR) is 134 cm³/mol. The second-order valence-corrected chi connectivity index (χ2v) is 8.09. The topological polar surface area (TPSA) is 84.2 Å². The fourth-order valence-electron chi connectivity index (χ4n) is 4.10. The molecule has 5 rings (SSSR count). The molecule has 0 aliphatic rings. The maximum Gasteiger partial charge on any atom is 0.274 e. The Bertz CT molecular complexity index is 1560. The van der Waals surface area contributed by atoms with Crippen LogP contribution < -0.4 is 10.9 Å². The molecule has 0 spiro atoms. The zero-order valence-corrected chi connectivity index (χ0v) is 18.4. The number of hydrogen-bond donors (Lipinski definition) is 2. The van der Waals surface area contributed by atoms with Gasteiger partial charge in [0.1, 0.15) is 0 Å². The van der Waals surface area contributed by atoms with E-state index in [2.05, 4.69) is 40.7 Å². The van der Waals surface area contributed by atoms with Gasteiger partial charge in [0.05, 0.1) is 18.5 Å². The largest absolute Gasteiger partial charge is 0.394 e. The number of rotatable bonds is 6. The predicted octanol–water partition coefficient (Wildman–Crippen LogP) is 4.14. The number of nitrogens with one attached hydrogen (secondary N) is 1. The molecule has 0 saturated carbocycles. The molecule has 1 aromatic heterocycles. The highest BCUT2D eigenvalue weighted by Crippen LogP contribution is 2.25. The first-order valence-electron chi connectivity index (χ1n) is 11.1. The maximum atomic E-state index is 13.0. The van der Waals surface area contributed by atoms with Crippen LogP contribution in [0.25, 0.3) is 32.7 Å². The fourth-order valence-corrected chi connectivity index (χ4v) is 4.10. The van der Waals surface area contributed by atoms with Crippen LogP contribution in [0.15, 0.2) is 95.8 Å².